The molecule has 0 saturated heterocycles. The number of hydrogen-bond donors (Lipinski definition) is 0. The highest BCUT2D eigenvalue weighted by molar-refractivity contribution is 5.99. The molecule has 0 aliphatic rings. The standard InChI is InChI=1S/C10H13N5O4/c1-18-4-3-7(16)8-9-12-13-15(6-19-2)10(17)14(9)5-11-8/h5H,3-4,6H2,1-2H3. The number of carbonyl (C=O) groups excluding carboxylic acids is 1. The number of hydrogen-bond acceptors (Lipinski definition) is 7. The number of methoxy groups -OCH3 is 2. The lowest BCUT2D eigenvalue weighted by Gasteiger charge is -2.01. The summed E-state index contributed by atoms with van der Waals surface area (Å²) in [5.74, 6) is -0.248. The Balaban J connectivity index is 2.42. The van der Waals surface area contributed by atoms with E-state index in [1.165, 1.54) is 20.5 Å². The summed E-state index contributed by atoms with van der Waals surface area (Å²) >= 11 is 0. The van der Waals surface area contributed by atoms with Crippen molar-refractivity contribution in [1.29, 1.82) is 0 Å². The van der Waals surface area contributed by atoms with Gasteiger partial charge in [-0.2, -0.15) is 4.68 Å². The zero-order chi connectivity index (χ0) is 13.8. The molecule has 0 aliphatic heterocycles. The Morgan fingerprint density at radius 2 is 2.16 bits per heavy atom. The molecule has 19 heavy (non-hydrogen) atoms. The smallest absolute Gasteiger partial charge is 0.355 e. The van der Waals surface area contributed by atoms with Gasteiger partial charge in [0.2, 0.25) is 0 Å². The Morgan fingerprint density at radius 3 is 2.84 bits per heavy atom. The molecule has 0 saturated carbocycles. The van der Waals surface area contributed by atoms with Crippen LogP contribution >= 0.6 is 0 Å². The Hall–Kier alpha value is -2.13. The fraction of sp³-hybridized carbons (Fsp3) is 0.500. The maximum atomic E-state index is 11.9. The summed E-state index contributed by atoms with van der Waals surface area (Å²) in [5.41, 5.74) is -0.213. The zero-order valence-electron chi connectivity index (χ0n) is 10.6. The SMILES string of the molecule is COCCC(=O)c1ncn2c(=O)n(COC)nnc12. The lowest BCUT2D eigenvalue weighted by atomic mass is 10.2. The van der Waals surface area contributed by atoms with Gasteiger partial charge in [-0.05, 0) is 0 Å². The van der Waals surface area contributed by atoms with Crippen LogP contribution in [0.2, 0.25) is 0 Å². The van der Waals surface area contributed by atoms with Gasteiger partial charge in [0.25, 0.3) is 0 Å². The van der Waals surface area contributed by atoms with E-state index < -0.39 is 5.69 Å². The number of imidazole rings is 1. The highest BCUT2D eigenvalue weighted by Crippen LogP contribution is 2.06. The van der Waals surface area contributed by atoms with Crippen molar-refractivity contribution in [1.82, 2.24) is 24.4 Å². The first-order chi connectivity index (χ1) is 9.19. The third-order valence-electron chi connectivity index (χ3n) is 2.47. The average molecular weight is 267 g/mol. The Labute approximate surface area is 107 Å². The van der Waals surface area contributed by atoms with Gasteiger partial charge < -0.3 is 9.47 Å². The first-order valence-electron chi connectivity index (χ1n) is 5.51. The van der Waals surface area contributed by atoms with Crippen LogP contribution in [0.25, 0.3) is 5.65 Å². The second kappa shape index (κ2) is 5.67. The summed E-state index contributed by atoms with van der Waals surface area (Å²) in [5, 5.41) is 7.50. The third kappa shape index (κ3) is 2.51. The van der Waals surface area contributed by atoms with Gasteiger partial charge in [0.05, 0.1) is 6.61 Å². The maximum Gasteiger partial charge on any atom is 0.355 e. The molecule has 102 valence electrons. The lowest BCUT2D eigenvalue weighted by molar-refractivity contribution is 0.0929. The molecule has 0 aliphatic carbocycles. The molecular formula is C10H13N5O4. The number of ketones is 1. The summed E-state index contributed by atoms with van der Waals surface area (Å²) in [7, 11) is 2.94. The van der Waals surface area contributed by atoms with Crippen LogP contribution in [0, 0.1) is 0 Å². The molecule has 0 radical (unpaired) electrons. The third-order valence-corrected chi connectivity index (χ3v) is 2.47. The van der Waals surface area contributed by atoms with E-state index in [0.717, 1.165) is 9.08 Å². The normalized spacial score (nSPS) is 11.1. The molecule has 9 heteroatoms. The second-order valence-corrected chi connectivity index (χ2v) is 3.74. The van der Waals surface area contributed by atoms with Crippen molar-refractivity contribution in [3.8, 4) is 0 Å². The van der Waals surface area contributed by atoms with Crippen molar-refractivity contribution in [2.75, 3.05) is 20.8 Å². The van der Waals surface area contributed by atoms with E-state index in [9.17, 15) is 9.59 Å². The summed E-state index contributed by atoms with van der Waals surface area (Å²) in [6.45, 7) is 0.263. The molecule has 0 fully saturated rings. The van der Waals surface area contributed by atoms with Gasteiger partial charge in [0.15, 0.2) is 17.1 Å². The lowest BCUT2D eigenvalue weighted by Crippen LogP contribution is -2.30. The van der Waals surface area contributed by atoms with Crippen LogP contribution in [0.5, 0.6) is 0 Å². The number of ether oxygens (including phenoxy) is 2. The van der Waals surface area contributed by atoms with Crippen LogP contribution in [0.15, 0.2) is 11.1 Å². The molecule has 2 rings (SSSR count). The molecule has 9 nitrogen and oxygen atoms in total. The molecule has 2 heterocycles. The average Bonchev–Trinajstić information content (AvgIpc) is 2.84. The van der Waals surface area contributed by atoms with Crippen molar-refractivity contribution in [3.05, 3.63) is 22.5 Å². The van der Waals surface area contributed by atoms with E-state index in [-0.39, 0.29) is 36.9 Å². The molecule has 0 aromatic carbocycles. The van der Waals surface area contributed by atoms with Crippen LogP contribution in [-0.2, 0) is 16.2 Å². The predicted molar refractivity (Wildman–Crippen MR) is 62.9 cm³/mol. The van der Waals surface area contributed by atoms with Gasteiger partial charge in [0, 0.05) is 20.6 Å². The molecule has 0 unspecified atom stereocenters. The number of carbonyl (C=O) groups is 1. The monoisotopic (exact) mass is 267 g/mol. The summed E-state index contributed by atoms with van der Waals surface area (Å²) in [4.78, 5) is 27.7. The van der Waals surface area contributed by atoms with E-state index >= 15 is 0 Å². The molecule has 0 N–H and O–H groups in total. The van der Waals surface area contributed by atoms with Gasteiger partial charge in [-0.25, -0.2) is 14.2 Å². The van der Waals surface area contributed by atoms with Crippen molar-refractivity contribution < 1.29 is 14.3 Å². The molecule has 0 amide bonds. The minimum Gasteiger partial charge on any atom is -0.384 e. The quantitative estimate of drug-likeness (QED) is 0.626. The topological polar surface area (TPSA) is 101 Å². The molecule has 0 spiro atoms. The Bertz CT molecular complexity index is 647. The molecule has 2 aromatic heterocycles. The van der Waals surface area contributed by atoms with Crippen molar-refractivity contribution >= 4 is 11.4 Å². The summed E-state index contributed by atoms with van der Waals surface area (Å²) in [6.07, 6.45) is 1.42. The minimum absolute atomic E-state index is 0.0209. The molecule has 0 bridgehead atoms. The first-order valence-corrected chi connectivity index (χ1v) is 5.51. The predicted octanol–water partition coefficient (Wildman–Crippen LogP) is -0.891. The van der Waals surface area contributed by atoms with Gasteiger partial charge in [-0.3, -0.25) is 4.79 Å². The highest BCUT2D eigenvalue weighted by atomic mass is 16.5. The first kappa shape index (κ1) is 13.3. The minimum atomic E-state index is -0.467. The maximum absolute atomic E-state index is 11.9. The van der Waals surface area contributed by atoms with Crippen molar-refractivity contribution in [2.45, 2.75) is 13.2 Å². The summed E-state index contributed by atoms with van der Waals surface area (Å²) < 4.78 is 11.8. The summed E-state index contributed by atoms with van der Waals surface area (Å²) in [6, 6.07) is 0. The van der Waals surface area contributed by atoms with Gasteiger partial charge in [-0.1, -0.05) is 5.21 Å². The van der Waals surface area contributed by atoms with Crippen LogP contribution in [0.4, 0.5) is 0 Å². The number of Topliss-reactive ketones (excluding diaryl/α,β-unsaturated/α-hetero) is 1. The number of rotatable bonds is 6. The van der Waals surface area contributed by atoms with Crippen LogP contribution < -0.4 is 5.69 Å². The van der Waals surface area contributed by atoms with Gasteiger partial charge >= 0.3 is 5.69 Å². The van der Waals surface area contributed by atoms with Crippen LogP contribution in [0.3, 0.4) is 0 Å². The highest BCUT2D eigenvalue weighted by Gasteiger charge is 2.17. The van der Waals surface area contributed by atoms with E-state index in [1.54, 1.807) is 0 Å². The number of fused-ring (bicyclic) bond motifs is 1. The van der Waals surface area contributed by atoms with Gasteiger partial charge in [-0.15, -0.1) is 5.10 Å². The number of aromatic nitrogens is 5. The molecule has 0 atom stereocenters. The van der Waals surface area contributed by atoms with E-state index in [0.29, 0.717) is 0 Å². The zero-order valence-corrected chi connectivity index (χ0v) is 10.6. The number of nitrogens with zero attached hydrogens (tertiary/aromatic N) is 5. The molecule has 2 aromatic rings. The van der Waals surface area contributed by atoms with E-state index in [2.05, 4.69) is 15.3 Å². The van der Waals surface area contributed by atoms with E-state index in [1.807, 2.05) is 0 Å². The van der Waals surface area contributed by atoms with Crippen molar-refractivity contribution in [3.63, 3.8) is 0 Å². The molecular weight excluding hydrogens is 254 g/mol. The Kier molecular flexibility index (Phi) is 3.97. The van der Waals surface area contributed by atoms with Crippen LogP contribution in [-0.4, -0.2) is 51.0 Å². The fourth-order valence-corrected chi connectivity index (χ4v) is 1.55. The van der Waals surface area contributed by atoms with E-state index in [4.69, 9.17) is 9.47 Å². The largest absolute Gasteiger partial charge is 0.384 e. The van der Waals surface area contributed by atoms with Gasteiger partial charge in [0.1, 0.15) is 13.1 Å². The van der Waals surface area contributed by atoms with Crippen LogP contribution in [0.1, 0.15) is 16.9 Å². The van der Waals surface area contributed by atoms with Crippen molar-refractivity contribution in [2.24, 2.45) is 0 Å². The second-order valence-electron chi connectivity index (χ2n) is 3.74. The fourth-order valence-electron chi connectivity index (χ4n) is 1.55. The Morgan fingerprint density at radius 1 is 1.37 bits per heavy atom.